The van der Waals surface area contributed by atoms with Crippen molar-refractivity contribution in [2.75, 3.05) is 60.6 Å². The molecule has 0 radical (unpaired) electrons. The van der Waals surface area contributed by atoms with E-state index in [0.717, 1.165) is 11.3 Å². The lowest BCUT2D eigenvalue weighted by Crippen LogP contribution is -2.48. The van der Waals surface area contributed by atoms with Gasteiger partial charge in [0.1, 0.15) is 0 Å². The van der Waals surface area contributed by atoms with Gasteiger partial charge in [-0.15, -0.1) is 0 Å². The number of fused-ring (bicyclic) bond motifs is 2. The van der Waals surface area contributed by atoms with Crippen molar-refractivity contribution in [2.45, 2.75) is 50.2 Å². The fourth-order valence-corrected chi connectivity index (χ4v) is 10.2. The molecule has 0 aromatic heterocycles. The Labute approximate surface area is 252 Å². The molecule has 6 rings (SSSR count). The van der Waals surface area contributed by atoms with Gasteiger partial charge in [-0.25, -0.2) is 0 Å². The molecule has 0 saturated carbocycles. The minimum absolute atomic E-state index is 0.00451. The van der Waals surface area contributed by atoms with E-state index in [1.807, 2.05) is 62.5 Å². The summed E-state index contributed by atoms with van der Waals surface area (Å²) in [6, 6.07) is 13.4. The summed E-state index contributed by atoms with van der Waals surface area (Å²) in [5, 5.41) is 16.1. The predicted octanol–water partition coefficient (Wildman–Crippen LogP) is 1.29. The van der Waals surface area contributed by atoms with Gasteiger partial charge in [0.25, 0.3) is 5.91 Å². The van der Waals surface area contributed by atoms with Gasteiger partial charge in [-0.2, -0.15) is 0 Å². The summed E-state index contributed by atoms with van der Waals surface area (Å²) in [6.07, 6.45) is -0.178. The van der Waals surface area contributed by atoms with Crippen LogP contribution in [0.1, 0.15) is 24.5 Å². The van der Waals surface area contributed by atoms with Gasteiger partial charge in [-0.05, 0) is 55.4 Å². The maximum absolute atomic E-state index is 14.7. The molecule has 4 aliphatic rings. The van der Waals surface area contributed by atoms with Gasteiger partial charge in [0.05, 0.1) is 31.4 Å². The zero-order valence-electron chi connectivity index (χ0n) is 25.0. The van der Waals surface area contributed by atoms with E-state index < -0.39 is 20.0 Å². The first kappa shape index (κ1) is 29.9. The number of carbonyl (C=O) groups is 3. The van der Waals surface area contributed by atoms with Crippen molar-refractivity contribution in [1.29, 1.82) is 0 Å². The minimum Gasteiger partial charge on any atom is -0.432 e. The standard InChI is InChI=1S/C31H41N5O6Si/c1-20-29(43(2,3)41)26(9-14-37)42-31(20)24-16-23(35-13-11-33-18-28(35)39)7-8-25(24)36(30(31)40)19-21-5-4-6-22(15-21)34-12-10-32-17-27(34)38/h4-8,15-16,20,26,29,32-33,37,41H,9-14,17-19H2,1-3H3/t20-,26+,29-,31+/m0/s1. The van der Waals surface area contributed by atoms with E-state index in [9.17, 15) is 24.3 Å². The Morgan fingerprint density at radius 3 is 2.23 bits per heavy atom. The third-order valence-electron chi connectivity index (χ3n) is 9.43. The second-order valence-corrected chi connectivity index (χ2v) is 16.6. The van der Waals surface area contributed by atoms with E-state index in [0.29, 0.717) is 56.1 Å². The molecular weight excluding hydrogens is 566 g/mol. The molecule has 4 N–H and O–H groups in total. The number of hydrogen-bond donors (Lipinski definition) is 4. The Kier molecular flexibility index (Phi) is 7.94. The Hall–Kier alpha value is -3.13. The number of nitrogens with zero attached hydrogens (tertiary/aromatic N) is 3. The minimum atomic E-state index is -2.84. The van der Waals surface area contributed by atoms with Crippen LogP contribution < -0.4 is 25.3 Å². The molecule has 12 heteroatoms. The maximum atomic E-state index is 14.7. The van der Waals surface area contributed by atoms with Gasteiger partial charge in [0.2, 0.25) is 11.8 Å². The molecule has 2 aromatic rings. The van der Waals surface area contributed by atoms with Crippen LogP contribution in [0.15, 0.2) is 42.5 Å². The van der Waals surface area contributed by atoms with Crippen LogP contribution in [0, 0.1) is 5.92 Å². The summed E-state index contributed by atoms with van der Waals surface area (Å²) in [5.74, 6) is -0.622. The van der Waals surface area contributed by atoms with Crippen LogP contribution in [0.25, 0.3) is 0 Å². The molecule has 3 amide bonds. The molecule has 3 fully saturated rings. The van der Waals surface area contributed by atoms with Crippen LogP contribution in [0.4, 0.5) is 17.1 Å². The average molecular weight is 608 g/mol. The fraction of sp³-hybridized carbons (Fsp3) is 0.516. The first-order valence-electron chi connectivity index (χ1n) is 15.1. The highest BCUT2D eigenvalue weighted by Crippen LogP contribution is 2.60. The van der Waals surface area contributed by atoms with E-state index in [2.05, 4.69) is 10.6 Å². The van der Waals surface area contributed by atoms with E-state index in [1.165, 1.54) is 0 Å². The van der Waals surface area contributed by atoms with Crippen LogP contribution in [-0.2, 0) is 31.3 Å². The second-order valence-electron chi connectivity index (χ2n) is 12.6. The van der Waals surface area contributed by atoms with Crippen LogP contribution in [0.3, 0.4) is 0 Å². The molecule has 2 aromatic carbocycles. The number of benzene rings is 2. The van der Waals surface area contributed by atoms with Crippen LogP contribution in [0.2, 0.25) is 18.6 Å². The third-order valence-corrected chi connectivity index (χ3v) is 11.9. The first-order valence-corrected chi connectivity index (χ1v) is 18.2. The van der Waals surface area contributed by atoms with Gasteiger partial charge in [-0.3, -0.25) is 14.4 Å². The average Bonchev–Trinajstić information content (AvgIpc) is 3.40. The number of aliphatic hydroxyl groups is 1. The van der Waals surface area contributed by atoms with Crippen molar-refractivity contribution in [2.24, 2.45) is 5.92 Å². The fourth-order valence-electron chi connectivity index (χ4n) is 7.55. The molecule has 0 aliphatic carbocycles. The number of anilines is 3. The van der Waals surface area contributed by atoms with E-state index in [4.69, 9.17) is 4.74 Å². The number of ether oxygens (including phenoxy) is 1. The zero-order valence-corrected chi connectivity index (χ0v) is 26.0. The molecular formula is C31H41N5O6Si. The van der Waals surface area contributed by atoms with Crippen molar-refractivity contribution < 1.29 is 29.0 Å². The molecule has 4 atom stereocenters. The SMILES string of the molecule is C[C@H]1[C@H]([Si](C)(C)O)[C@@H](CCO)O[C@]12C(=O)N(Cc1cccc(N3CCNCC3=O)c1)c1ccc(N3CCNCC3=O)cc12. The summed E-state index contributed by atoms with van der Waals surface area (Å²) in [5.41, 5.74) is 2.09. The van der Waals surface area contributed by atoms with Crippen LogP contribution in [0.5, 0.6) is 0 Å². The Morgan fingerprint density at radius 2 is 1.63 bits per heavy atom. The largest absolute Gasteiger partial charge is 0.432 e. The number of piperazine rings is 2. The maximum Gasteiger partial charge on any atom is 0.264 e. The summed E-state index contributed by atoms with van der Waals surface area (Å²) in [4.78, 5) is 56.7. The first-order chi connectivity index (χ1) is 20.6. The quantitative estimate of drug-likeness (QED) is 0.346. The summed E-state index contributed by atoms with van der Waals surface area (Å²) in [6.45, 7) is 8.84. The summed E-state index contributed by atoms with van der Waals surface area (Å²) >= 11 is 0. The highest BCUT2D eigenvalue weighted by Gasteiger charge is 2.66. The van der Waals surface area contributed by atoms with Crippen LogP contribution in [-0.4, -0.2) is 87.9 Å². The number of aliphatic hydroxyl groups excluding tert-OH is 1. The monoisotopic (exact) mass is 607 g/mol. The molecule has 4 aliphatic heterocycles. The number of nitrogens with one attached hydrogen (secondary N) is 2. The van der Waals surface area contributed by atoms with Gasteiger partial charge in [-0.1, -0.05) is 19.1 Å². The molecule has 1 spiro atoms. The lowest BCUT2D eigenvalue weighted by Gasteiger charge is -2.33. The van der Waals surface area contributed by atoms with Crippen molar-refractivity contribution in [1.82, 2.24) is 10.6 Å². The molecule has 3 saturated heterocycles. The summed E-state index contributed by atoms with van der Waals surface area (Å²) < 4.78 is 6.76. The smallest absolute Gasteiger partial charge is 0.264 e. The lowest BCUT2D eigenvalue weighted by atomic mass is 9.82. The van der Waals surface area contributed by atoms with E-state index >= 15 is 0 Å². The molecule has 11 nitrogen and oxygen atoms in total. The van der Waals surface area contributed by atoms with Crippen molar-refractivity contribution in [3.8, 4) is 0 Å². The molecule has 4 heterocycles. The summed E-state index contributed by atoms with van der Waals surface area (Å²) in [7, 11) is -2.84. The van der Waals surface area contributed by atoms with Crippen LogP contribution >= 0.6 is 0 Å². The molecule has 0 unspecified atom stereocenters. The topological polar surface area (TPSA) is 135 Å². The molecule has 0 bridgehead atoms. The van der Waals surface area contributed by atoms with Gasteiger partial charge >= 0.3 is 0 Å². The van der Waals surface area contributed by atoms with Gasteiger partial charge in [0, 0.05) is 61.2 Å². The van der Waals surface area contributed by atoms with Crippen molar-refractivity contribution in [3.05, 3.63) is 53.6 Å². The Balaban J connectivity index is 1.42. The molecule has 230 valence electrons. The second kappa shape index (κ2) is 11.4. The molecule has 43 heavy (non-hydrogen) atoms. The van der Waals surface area contributed by atoms with Gasteiger partial charge < -0.3 is 40.0 Å². The van der Waals surface area contributed by atoms with Gasteiger partial charge in [0.15, 0.2) is 13.9 Å². The van der Waals surface area contributed by atoms with Crippen molar-refractivity contribution in [3.63, 3.8) is 0 Å². The van der Waals surface area contributed by atoms with E-state index in [-0.39, 0.29) is 48.9 Å². The van der Waals surface area contributed by atoms with Crippen molar-refractivity contribution >= 4 is 43.1 Å². The highest BCUT2D eigenvalue weighted by atomic mass is 28.4. The normalized spacial score (nSPS) is 27.9. The predicted molar refractivity (Wildman–Crippen MR) is 165 cm³/mol. The van der Waals surface area contributed by atoms with E-state index in [1.54, 1.807) is 14.7 Å². The number of rotatable bonds is 7. The Bertz CT molecular complexity index is 1430. The zero-order chi connectivity index (χ0) is 30.5. The lowest BCUT2D eigenvalue weighted by molar-refractivity contribution is -0.146. The highest BCUT2D eigenvalue weighted by molar-refractivity contribution is 6.71. The number of amides is 3. The number of hydrogen-bond acceptors (Lipinski definition) is 8. The Morgan fingerprint density at radius 1 is 0.977 bits per heavy atom. The number of carbonyl (C=O) groups excluding carboxylic acids is 3. The third kappa shape index (κ3) is 5.09.